The van der Waals surface area contributed by atoms with Crippen molar-refractivity contribution in [1.82, 2.24) is 10.2 Å². The molecule has 2 atom stereocenters. The minimum Gasteiger partial charge on any atom is -0.353 e. The molecule has 2 unspecified atom stereocenters. The zero-order valence-corrected chi connectivity index (χ0v) is 15.0. The molecule has 1 fully saturated rings. The third-order valence-corrected chi connectivity index (χ3v) is 5.29. The lowest BCUT2D eigenvalue weighted by molar-refractivity contribution is 0.483. The fourth-order valence-electron chi connectivity index (χ4n) is 2.90. The van der Waals surface area contributed by atoms with Gasteiger partial charge in [-0.1, -0.05) is 24.3 Å². The fourth-order valence-corrected chi connectivity index (χ4v) is 3.60. The molecule has 3 nitrogen and oxygen atoms in total. The summed E-state index contributed by atoms with van der Waals surface area (Å²) in [6, 6.07) is 11.6. The number of nitrogens with one attached hydrogen (secondary N) is 1. The minimum atomic E-state index is -0.105. The van der Waals surface area contributed by atoms with Crippen LogP contribution in [0.4, 0.5) is 4.39 Å². The van der Waals surface area contributed by atoms with Crippen LogP contribution in [0.2, 0.25) is 0 Å². The maximum Gasteiger partial charge on any atom is 0.193 e. The molecule has 1 saturated carbocycles. The number of nitrogens with zero attached hydrogens (tertiary/aromatic N) is 2. The van der Waals surface area contributed by atoms with Gasteiger partial charge in [0.2, 0.25) is 0 Å². The lowest BCUT2D eigenvalue weighted by Crippen LogP contribution is -2.41. The smallest absolute Gasteiger partial charge is 0.193 e. The summed E-state index contributed by atoms with van der Waals surface area (Å²) in [6.45, 7) is 3.70. The van der Waals surface area contributed by atoms with E-state index >= 15 is 0 Å². The highest BCUT2D eigenvalue weighted by molar-refractivity contribution is 7.09. The lowest BCUT2D eigenvalue weighted by Gasteiger charge is -2.22. The van der Waals surface area contributed by atoms with E-state index < -0.39 is 0 Å². The van der Waals surface area contributed by atoms with Crippen molar-refractivity contribution in [3.05, 3.63) is 58.0 Å². The summed E-state index contributed by atoms with van der Waals surface area (Å²) in [6.07, 6.45) is 1.97. The SMILES string of the molecule is CCN=C(NC1CC1c1ccccc1F)N(C)CCc1cccs1. The van der Waals surface area contributed by atoms with E-state index in [1.165, 1.54) is 4.88 Å². The Morgan fingerprint density at radius 3 is 2.88 bits per heavy atom. The van der Waals surface area contributed by atoms with Gasteiger partial charge in [0.1, 0.15) is 5.82 Å². The van der Waals surface area contributed by atoms with Crippen LogP contribution in [0.25, 0.3) is 0 Å². The molecule has 1 heterocycles. The molecule has 1 aromatic heterocycles. The number of thiophene rings is 1. The topological polar surface area (TPSA) is 27.6 Å². The third-order valence-electron chi connectivity index (χ3n) is 4.35. The maximum absolute atomic E-state index is 13.9. The Morgan fingerprint density at radius 2 is 2.17 bits per heavy atom. The molecule has 1 aromatic carbocycles. The van der Waals surface area contributed by atoms with Gasteiger partial charge in [0.05, 0.1) is 0 Å². The summed E-state index contributed by atoms with van der Waals surface area (Å²) in [4.78, 5) is 8.15. The summed E-state index contributed by atoms with van der Waals surface area (Å²) < 4.78 is 13.9. The predicted octanol–water partition coefficient (Wildman–Crippen LogP) is 3.88. The zero-order chi connectivity index (χ0) is 16.9. The molecular weight excluding hydrogens is 321 g/mol. The summed E-state index contributed by atoms with van der Waals surface area (Å²) >= 11 is 1.79. The van der Waals surface area contributed by atoms with E-state index in [4.69, 9.17) is 0 Å². The summed E-state index contributed by atoms with van der Waals surface area (Å²) in [5.74, 6) is 1.06. The van der Waals surface area contributed by atoms with Crippen LogP contribution in [-0.2, 0) is 6.42 Å². The summed E-state index contributed by atoms with van der Waals surface area (Å²) in [7, 11) is 2.07. The molecule has 2 aromatic rings. The Bertz CT molecular complexity index is 684. The van der Waals surface area contributed by atoms with Gasteiger partial charge in [-0.3, -0.25) is 4.99 Å². The Hall–Kier alpha value is -1.88. The molecule has 1 N–H and O–H groups in total. The molecule has 1 aliphatic rings. The first-order chi connectivity index (χ1) is 11.7. The molecule has 0 aliphatic heterocycles. The Labute approximate surface area is 147 Å². The van der Waals surface area contributed by atoms with E-state index in [0.29, 0.717) is 0 Å². The maximum atomic E-state index is 13.9. The van der Waals surface area contributed by atoms with Gasteiger partial charge in [0.25, 0.3) is 0 Å². The second-order valence-corrected chi connectivity index (χ2v) is 7.20. The largest absolute Gasteiger partial charge is 0.353 e. The van der Waals surface area contributed by atoms with Gasteiger partial charge in [0.15, 0.2) is 5.96 Å². The number of hydrogen-bond acceptors (Lipinski definition) is 2. The van der Waals surface area contributed by atoms with Crippen molar-refractivity contribution >= 4 is 17.3 Å². The molecule has 24 heavy (non-hydrogen) atoms. The average Bonchev–Trinajstić information content (AvgIpc) is 3.13. The minimum absolute atomic E-state index is 0.105. The summed E-state index contributed by atoms with van der Waals surface area (Å²) in [5, 5.41) is 5.62. The second-order valence-electron chi connectivity index (χ2n) is 6.16. The van der Waals surface area contributed by atoms with Crippen molar-refractivity contribution in [1.29, 1.82) is 0 Å². The van der Waals surface area contributed by atoms with Crippen molar-refractivity contribution < 1.29 is 4.39 Å². The van der Waals surface area contributed by atoms with Crippen molar-refractivity contribution in [3.63, 3.8) is 0 Å². The highest BCUT2D eigenvalue weighted by Gasteiger charge is 2.40. The first-order valence-corrected chi connectivity index (χ1v) is 9.36. The molecule has 5 heteroatoms. The fraction of sp³-hybridized carbons (Fsp3) is 0.421. The number of hydrogen-bond donors (Lipinski definition) is 1. The molecule has 0 spiro atoms. The Kier molecular flexibility index (Phi) is 5.51. The lowest BCUT2D eigenvalue weighted by atomic mass is 10.1. The van der Waals surface area contributed by atoms with Crippen molar-refractivity contribution in [2.24, 2.45) is 4.99 Å². The van der Waals surface area contributed by atoms with Gasteiger partial charge in [-0.05, 0) is 42.8 Å². The van der Waals surface area contributed by atoms with E-state index in [2.05, 4.69) is 39.8 Å². The van der Waals surface area contributed by atoms with E-state index in [0.717, 1.165) is 37.5 Å². The normalized spacial score (nSPS) is 20.0. The summed E-state index contributed by atoms with van der Waals surface area (Å²) in [5.41, 5.74) is 0.812. The van der Waals surface area contributed by atoms with Crippen LogP contribution >= 0.6 is 11.3 Å². The van der Waals surface area contributed by atoms with E-state index in [9.17, 15) is 4.39 Å². The highest BCUT2D eigenvalue weighted by Crippen LogP contribution is 2.41. The average molecular weight is 345 g/mol. The number of halogens is 1. The second kappa shape index (κ2) is 7.79. The molecule has 1 aliphatic carbocycles. The molecule has 0 radical (unpaired) electrons. The van der Waals surface area contributed by atoms with Crippen LogP contribution in [0, 0.1) is 5.82 Å². The molecule has 128 valence electrons. The Balaban J connectivity index is 1.57. The predicted molar refractivity (Wildman–Crippen MR) is 99.3 cm³/mol. The first kappa shape index (κ1) is 17.0. The van der Waals surface area contributed by atoms with Gasteiger partial charge in [-0.2, -0.15) is 0 Å². The van der Waals surface area contributed by atoms with Crippen LogP contribution < -0.4 is 5.32 Å². The van der Waals surface area contributed by atoms with Gasteiger partial charge in [-0.15, -0.1) is 11.3 Å². The van der Waals surface area contributed by atoms with Crippen molar-refractivity contribution in [3.8, 4) is 0 Å². The van der Waals surface area contributed by atoms with Gasteiger partial charge in [0, 0.05) is 37.0 Å². The number of rotatable bonds is 6. The van der Waals surface area contributed by atoms with Crippen LogP contribution in [0.15, 0.2) is 46.8 Å². The van der Waals surface area contributed by atoms with Crippen LogP contribution in [0.5, 0.6) is 0 Å². The third kappa shape index (κ3) is 4.15. The molecule has 0 bridgehead atoms. The van der Waals surface area contributed by atoms with Crippen LogP contribution in [0.1, 0.15) is 29.7 Å². The quantitative estimate of drug-likeness (QED) is 0.635. The van der Waals surface area contributed by atoms with Gasteiger partial charge in [-0.25, -0.2) is 4.39 Å². The van der Waals surface area contributed by atoms with Crippen molar-refractivity contribution in [2.45, 2.75) is 31.7 Å². The number of aliphatic imine (C=N–C) groups is 1. The monoisotopic (exact) mass is 345 g/mol. The van der Waals surface area contributed by atoms with E-state index in [1.807, 2.05) is 19.1 Å². The highest BCUT2D eigenvalue weighted by atomic mass is 32.1. The standard InChI is InChI=1S/C19H24FN3S/c1-3-21-19(23(2)11-10-14-7-6-12-24-14)22-18-13-16(18)15-8-4-5-9-17(15)20/h4-9,12,16,18H,3,10-11,13H2,1-2H3,(H,21,22). The van der Waals surface area contributed by atoms with Gasteiger partial charge < -0.3 is 10.2 Å². The Morgan fingerprint density at radius 1 is 1.33 bits per heavy atom. The molecule has 0 saturated heterocycles. The van der Waals surface area contributed by atoms with E-state index in [1.54, 1.807) is 23.5 Å². The molecule has 0 amide bonds. The first-order valence-electron chi connectivity index (χ1n) is 8.48. The number of likely N-dealkylation sites (N-methyl/N-ethyl adjacent to an activating group) is 1. The van der Waals surface area contributed by atoms with Gasteiger partial charge >= 0.3 is 0 Å². The van der Waals surface area contributed by atoms with Crippen molar-refractivity contribution in [2.75, 3.05) is 20.1 Å². The van der Waals surface area contributed by atoms with E-state index in [-0.39, 0.29) is 17.8 Å². The zero-order valence-electron chi connectivity index (χ0n) is 14.2. The van der Waals surface area contributed by atoms with Crippen LogP contribution in [-0.4, -0.2) is 37.0 Å². The van der Waals surface area contributed by atoms with Crippen LogP contribution in [0.3, 0.4) is 0 Å². The molecular formula is C19H24FN3S. The number of guanidine groups is 1. The molecule has 3 rings (SSSR count). The number of benzene rings is 1.